The number of rotatable bonds is 3. The average molecular weight is 285 g/mol. The van der Waals surface area contributed by atoms with Crippen LogP contribution in [0.5, 0.6) is 0 Å². The Bertz CT molecular complexity index is 605. The maximum atomic E-state index is 6.62. The van der Waals surface area contributed by atoms with Crippen molar-refractivity contribution in [2.45, 2.75) is 38.6 Å². The Hall–Kier alpha value is -1.25. The molecule has 0 fully saturated rings. The molecule has 0 bridgehead atoms. The van der Waals surface area contributed by atoms with Gasteiger partial charge in [-0.3, -0.25) is 0 Å². The molecule has 2 heteroatoms. The SMILES string of the molecule is CSc1ccccc1C(N)c1c(C)c(C)cc(C)c1C. The molecule has 0 amide bonds. The molecular formula is C18H23NS. The molecular weight excluding hydrogens is 262 g/mol. The maximum Gasteiger partial charge on any atom is 0.0568 e. The lowest BCUT2D eigenvalue weighted by Crippen LogP contribution is -2.17. The Morgan fingerprint density at radius 1 is 0.950 bits per heavy atom. The van der Waals surface area contributed by atoms with Crippen LogP contribution in [0.2, 0.25) is 0 Å². The van der Waals surface area contributed by atoms with E-state index in [4.69, 9.17) is 5.73 Å². The van der Waals surface area contributed by atoms with Crippen LogP contribution >= 0.6 is 11.8 Å². The van der Waals surface area contributed by atoms with Gasteiger partial charge in [0.15, 0.2) is 0 Å². The Labute approximate surface area is 126 Å². The molecule has 0 aromatic heterocycles. The van der Waals surface area contributed by atoms with E-state index < -0.39 is 0 Å². The van der Waals surface area contributed by atoms with Gasteiger partial charge in [-0.2, -0.15) is 0 Å². The quantitative estimate of drug-likeness (QED) is 0.828. The molecule has 0 saturated carbocycles. The first kappa shape index (κ1) is 15.1. The Morgan fingerprint density at radius 2 is 1.50 bits per heavy atom. The second kappa shape index (κ2) is 6.02. The van der Waals surface area contributed by atoms with E-state index in [1.807, 2.05) is 0 Å². The Kier molecular flexibility index (Phi) is 4.56. The molecule has 1 nitrogen and oxygen atoms in total. The van der Waals surface area contributed by atoms with Gasteiger partial charge in [-0.1, -0.05) is 24.3 Å². The van der Waals surface area contributed by atoms with E-state index in [1.165, 1.54) is 38.3 Å². The minimum Gasteiger partial charge on any atom is -0.320 e. The molecule has 2 aromatic rings. The third kappa shape index (κ3) is 2.63. The number of benzene rings is 2. The Balaban J connectivity index is 2.62. The first-order chi connectivity index (χ1) is 9.47. The second-order valence-corrected chi connectivity index (χ2v) is 6.24. The van der Waals surface area contributed by atoms with Crippen LogP contribution in [-0.2, 0) is 0 Å². The van der Waals surface area contributed by atoms with Gasteiger partial charge in [0.2, 0.25) is 0 Å². The lowest BCUT2D eigenvalue weighted by atomic mass is 9.87. The molecule has 0 saturated heterocycles. The second-order valence-electron chi connectivity index (χ2n) is 5.39. The van der Waals surface area contributed by atoms with Gasteiger partial charge in [-0.05, 0) is 73.4 Å². The van der Waals surface area contributed by atoms with Crippen LogP contribution in [0.3, 0.4) is 0 Å². The summed E-state index contributed by atoms with van der Waals surface area (Å²) >= 11 is 1.76. The van der Waals surface area contributed by atoms with Gasteiger partial charge in [-0.25, -0.2) is 0 Å². The van der Waals surface area contributed by atoms with Crippen LogP contribution in [0.1, 0.15) is 39.4 Å². The van der Waals surface area contributed by atoms with Gasteiger partial charge >= 0.3 is 0 Å². The zero-order valence-electron chi connectivity index (χ0n) is 12.9. The van der Waals surface area contributed by atoms with Crippen molar-refractivity contribution in [3.8, 4) is 0 Å². The summed E-state index contributed by atoms with van der Waals surface area (Å²) < 4.78 is 0. The summed E-state index contributed by atoms with van der Waals surface area (Å²) in [5.41, 5.74) is 14.4. The zero-order chi connectivity index (χ0) is 14.9. The number of nitrogens with two attached hydrogens (primary N) is 1. The summed E-state index contributed by atoms with van der Waals surface area (Å²) in [5, 5.41) is 0. The van der Waals surface area contributed by atoms with E-state index in [1.54, 1.807) is 11.8 Å². The van der Waals surface area contributed by atoms with Crippen LogP contribution in [0.4, 0.5) is 0 Å². The molecule has 0 aliphatic carbocycles. The first-order valence-corrected chi connectivity index (χ1v) is 8.15. The molecule has 0 spiro atoms. The fraction of sp³-hybridized carbons (Fsp3) is 0.333. The van der Waals surface area contributed by atoms with Crippen molar-refractivity contribution < 1.29 is 0 Å². The van der Waals surface area contributed by atoms with E-state index in [0.29, 0.717) is 0 Å². The van der Waals surface area contributed by atoms with Crippen LogP contribution < -0.4 is 5.73 Å². The van der Waals surface area contributed by atoms with Crippen molar-refractivity contribution in [1.29, 1.82) is 0 Å². The molecule has 1 atom stereocenters. The third-order valence-corrected chi connectivity index (χ3v) is 5.02. The van der Waals surface area contributed by atoms with Crippen molar-refractivity contribution in [1.82, 2.24) is 0 Å². The molecule has 1 unspecified atom stereocenters. The van der Waals surface area contributed by atoms with E-state index in [2.05, 4.69) is 64.3 Å². The van der Waals surface area contributed by atoms with Gasteiger partial charge in [0, 0.05) is 4.90 Å². The summed E-state index contributed by atoms with van der Waals surface area (Å²) in [6.45, 7) is 8.69. The highest BCUT2D eigenvalue weighted by atomic mass is 32.2. The van der Waals surface area contributed by atoms with Crippen molar-refractivity contribution in [3.63, 3.8) is 0 Å². The molecule has 0 aliphatic heterocycles. The molecule has 0 radical (unpaired) electrons. The largest absolute Gasteiger partial charge is 0.320 e. The van der Waals surface area contributed by atoms with E-state index in [0.717, 1.165) is 0 Å². The highest BCUT2D eigenvalue weighted by molar-refractivity contribution is 7.98. The smallest absolute Gasteiger partial charge is 0.0568 e. The summed E-state index contributed by atoms with van der Waals surface area (Å²) in [7, 11) is 0. The highest BCUT2D eigenvalue weighted by Crippen LogP contribution is 2.33. The van der Waals surface area contributed by atoms with Crippen LogP contribution in [0, 0.1) is 27.7 Å². The van der Waals surface area contributed by atoms with Crippen molar-refractivity contribution >= 4 is 11.8 Å². The molecule has 20 heavy (non-hydrogen) atoms. The van der Waals surface area contributed by atoms with E-state index in [9.17, 15) is 0 Å². The van der Waals surface area contributed by atoms with Gasteiger partial charge in [-0.15, -0.1) is 11.8 Å². The van der Waals surface area contributed by atoms with Crippen molar-refractivity contribution in [2.24, 2.45) is 5.73 Å². The Morgan fingerprint density at radius 3 is 2.05 bits per heavy atom. The third-order valence-electron chi connectivity index (χ3n) is 4.21. The van der Waals surface area contributed by atoms with Crippen LogP contribution in [-0.4, -0.2) is 6.26 Å². The standard InChI is InChI=1S/C18H23NS/c1-11-10-12(2)14(4)17(13(11)3)18(19)15-8-6-7-9-16(15)20-5/h6-10,18H,19H2,1-5H3. The number of aryl methyl sites for hydroxylation is 2. The number of hydrogen-bond donors (Lipinski definition) is 1. The topological polar surface area (TPSA) is 26.0 Å². The molecule has 2 aromatic carbocycles. The fourth-order valence-corrected chi connectivity index (χ4v) is 3.44. The predicted molar refractivity (Wildman–Crippen MR) is 89.6 cm³/mol. The molecule has 0 heterocycles. The molecule has 2 rings (SSSR count). The van der Waals surface area contributed by atoms with Gasteiger partial charge in [0.1, 0.15) is 0 Å². The molecule has 0 aliphatic rings. The highest BCUT2D eigenvalue weighted by Gasteiger charge is 2.18. The van der Waals surface area contributed by atoms with E-state index in [-0.39, 0.29) is 6.04 Å². The summed E-state index contributed by atoms with van der Waals surface area (Å²) in [6.07, 6.45) is 2.10. The minimum atomic E-state index is -0.0581. The monoisotopic (exact) mass is 285 g/mol. The van der Waals surface area contributed by atoms with E-state index >= 15 is 0 Å². The summed E-state index contributed by atoms with van der Waals surface area (Å²) in [4.78, 5) is 1.26. The van der Waals surface area contributed by atoms with Crippen molar-refractivity contribution in [2.75, 3.05) is 6.26 Å². The normalized spacial score (nSPS) is 12.5. The van der Waals surface area contributed by atoms with Crippen LogP contribution in [0.15, 0.2) is 35.2 Å². The lowest BCUT2D eigenvalue weighted by molar-refractivity contribution is 0.825. The minimum absolute atomic E-state index is 0.0581. The molecule has 106 valence electrons. The van der Waals surface area contributed by atoms with Gasteiger partial charge < -0.3 is 5.73 Å². The van der Waals surface area contributed by atoms with Crippen LogP contribution in [0.25, 0.3) is 0 Å². The summed E-state index contributed by atoms with van der Waals surface area (Å²) in [6, 6.07) is 10.6. The van der Waals surface area contributed by atoms with Gasteiger partial charge in [0.05, 0.1) is 6.04 Å². The van der Waals surface area contributed by atoms with Crippen molar-refractivity contribution in [3.05, 3.63) is 63.7 Å². The van der Waals surface area contributed by atoms with Gasteiger partial charge in [0.25, 0.3) is 0 Å². The number of hydrogen-bond acceptors (Lipinski definition) is 2. The number of thioether (sulfide) groups is 1. The molecule has 2 N–H and O–H groups in total. The zero-order valence-corrected chi connectivity index (χ0v) is 13.8. The average Bonchev–Trinajstić information content (AvgIpc) is 2.45. The lowest BCUT2D eigenvalue weighted by Gasteiger charge is -2.23. The fourth-order valence-electron chi connectivity index (χ4n) is 2.79. The maximum absolute atomic E-state index is 6.62. The summed E-state index contributed by atoms with van der Waals surface area (Å²) in [5.74, 6) is 0. The first-order valence-electron chi connectivity index (χ1n) is 6.93. The predicted octanol–water partition coefficient (Wildman–Crippen LogP) is 4.69.